The number of carbonyl (C=O) groups excluding carboxylic acids is 1. The Morgan fingerprint density at radius 2 is 2.31 bits per heavy atom. The minimum atomic E-state index is -0.159. The average Bonchev–Trinajstić information content (AvgIpc) is 2.38. The van der Waals surface area contributed by atoms with Crippen molar-refractivity contribution in [3.63, 3.8) is 0 Å². The van der Waals surface area contributed by atoms with Gasteiger partial charge in [-0.3, -0.25) is 4.79 Å². The van der Waals surface area contributed by atoms with Gasteiger partial charge in [0.2, 0.25) is 0 Å². The highest BCUT2D eigenvalue weighted by Crippen LogP contribution is 2.21. The molecule has 0 amide bonds. The second-order valence-corrected chi connectivity index (χ2v) is 3.80. The number of morpholine rings is 1. The average molecular weight is 221 g/mol. The first kappa shape index (κ1) is 11.1. The van der Waals surface area contributed by atoms with Crippen LogP contribution in [0.15, 0.2) is 24.3 Å². The largest absolute Gasteiger partial charge is 0.394 e. The molecule has 1 aliphatic rings. The minimum Gasteiger partial charge on any atom is -0.394 e. The summed E-state index contributed by atoms with van der Waals surface area (Å²) in [6.45, 7) is 1.97. The lowest BCUT2D eigenvalue weighted by Crippen LogP contribution is -2.44. The molecule has 1 N–H and O–H groups in total. The van der Waals surface area contributed by atoms with Gasteiger partial charge in [-0.2, -0.15) is 0 Å². The quantitative estimate of drug-likeness (QED) is 0.763. The van der Waals surface area contributed by atoms with E-state index in [1.54, 1.807) is 6.07 Å². The Morgan fingerprint density at radius 3 is 3.06 bits per heavy atom. The third-order valence-electron chi connectivity index (χ3n) is 2.75. The molecule has 1 heterocycles. The van der Waals surface area contributed by atoms with E-state index in [-0.39, 0.29) is 12.7 Å². The zero-order valence-corrected chi connectivity index (χ0v) is 9.00. The summed E-state index contributed by atoms with van der Waals surface area (Å²) >= 11 is 0. The van der Waals surface area contributed by atoms with Gasteiger partial charge in [-0.1, -0.05) is 12.1 Å². The zero-order valence-electron chi connectivity index (χ0n) is 9.00. The van der Waals surface area contributed by atoms with E-state index in [1.165, 1.54) is 0 Å². The number of para-hydroxylation sites is 1. The minimum absolute atomic E-state index is 0.0136. The van der Waals surface area contributed by atoms with Gasteiger partial charge in [0.1, 0.15) is 0 Å². The Kier molecular flexibility index (Phi) is 3.54. The molecule has 0 spiro atoms. The first-order valence-electron chi connectivity index (χ1n) is 5.36. The summed E-state index contributed by atoms with van der Waals surface area (Å²) in [6.07, 6.45) is 0.701. The molecule has 1 aromatic carbocycles. The van der Waals surface area contributed by atoms with Crippen molar-refractivity contribution >= 4 is 12.0 Å². The van der Waals surface area contributed by atoms with E-state index in [4.69, 9.17) is 9.84 Å². The highest BCUT2D eigenvalue weighted by Gasteiger charge is 2.21. The summed E-state index contributed by atoms with van der Waals surface area (Å²) in [4.78, 5) is 13.0. The van der Waals surface area contributed by atoms with Gasteiger partial charge in [-0.05, 0) is 12.1 Å². The van der Waals surface area contributed by atoms with Gasteiger partial charge >= 0.3 is 0 Å². The maximum absolute atomic E-state index is 10.9. The van der Waals surface area contributed by atoms with Crippen molar-refractivity contribution in [2.75, 3.05) is 31.2 Å². The molecular formula is C12H15NO3. The smallest absolute Gasteiger partial charge is 0.152 e. The van der Waals surface area contributed by atoms with Crippen LogP contribution >= 0.6 is 0 Å². The van der Waals surface area contributed by atoms with Gasteiger partial charge in [-0.15, -0.1) is 0 Å². The van der Waals surface area contributed by atoms with E-state index in [0.717, 1.165) is 18.5 Å². The van der Waals surface area contributed by atoms with Crippen molar-refractivity contribution in [2.24, 2.45) is 0 Å². The summed E-state index contributed by atoms with van der Waals surface area (Å²) in [7, 11) is 0. The number of aliphatic hydroxyl groups is 1. The zero-order chi connectivity index (χ0) is 11.4. The molecule has 1 atom stereocenters. The Morgan fingerprint density at radius 1 is 1.50 bits per heavy atom. The predicted octanol–water partition coefficient (Wildman–Crippen LogP) is 0.697. The fraction of sp³-hybridized carbons (Fsp3) is 0.417. The molecule has 0 bridgehead atoms. The SMILES string of the molecule is O=Cc1ccccc1N1CCOC(CO)C1. The standard InChI is InChI=1S/C12H15NO3/c14-8-10-3-1-2-4-12(10)13-5-6-16-11(7-13)9-15/h1-4,8,11,15H,5-7,9H2. The van der Waals surface area contributed by atoms with Crippen molar-refractivity contribution in [3.05, 3.63) is 29.8 Å². The Labute approximate surface area is 94.4 Å². The third kappa shape index (κ3) is 2.23. The molecular weight excluding hydrogens is 206 g/mol. The van der Waals surface area contributed by atoms with Crippen LogP contribution in [-0.2, 0) is 4.74 Å². The van der Waals surface area contributed by atoms with Crippen LogP contribution in [0, 0.1) is 0 Å². The number of rotatable bonds is 3. The van der Waals surface area contributed by atoms with E-state index >= 15 is 0 Å². The van der Waals surface area contributed by atoms with Crippen LogP contribution < -0.4 is 4.90 Å². The molecule has 86 valence electrons. The molecule has 1 saturated heterocycles. The summed E-state index contributed by atoms with van der Waals surface area (Å²) in [5.41, 5.74) is 1.60. The summed E-state index contributed by atoms with van der Waals surface area (Å²) in [5.74, 6) is 0. The van der Waals surface area contributed by atoms with Crippen LogP contribution in [-0.4, -0.2) is 43.8 Å². The van der Waals surface area contributed by atoms with Gasteiger partial charge in [0.05, 0.1) is 19.3 Å². The molecule has 1 unspecified atom stereocenters. The molecule has 16 heavy (non-hydrogen) atoms. The van der Waals surface area contributed by atoms with Crippen molar-refractivity contribution in [2.45, 2.75) is 6.10 Å². The molecule has 0 saturated carbocycles. The number of ether oxygens (including phenoxy) is 1. The maximum Gasteiger partial charge on any atom is 0.152 e. The van der Waals surface area contributed by atoms with Gasteiger partial charge < -0.3 is 14.7 Å². The first-order chi connectivity index (χ1) is 7.85. The van der Waals surface area contributed by atoms with E-state index in [1.807, 2.05) is 18.2 Å². The molecule has 0 aliphatic carbocycles. The molecule has 0 aromatic heterocycles. The number of carbonyl (C=O) groups is 1. The first-order valence-corrected chi connectivity index (χ1v) is 5.36. The van der Waals surface area contributed by atoms with E-state index in [0.29, 0.717) is 18.7 Å². The monoisotopic (exact) mass is 221 g/mol. The van der Waals surface area contributed by atoms with Gasteiger partial charge in [-0.25, -0.2) is 0 Å². The van der Waals surface area contributed by atoms with Gasteiger partial charge in [0.25, 0.3) is 0 Å². The summed E-state index contributed by atoms with van der Waals surface area (Å²) in [6, 6.07) is 7.47. The van der Waals surface area contributed by atoms with Crippen molar-refractivity contribution in [1.82, 2.24) is 0 Å². The van der Waals surface area contributed by atoms with E-state index in [2.05, 4.69) is 4.90 Å². The Balaban J connectivity index is 2.19. The normalized spacial score (nSPS) is 20.8. The molecule has 1 aromatic rings. The molecule has 1 aliphatic heterocycles. The van der Waals surface area contributed by atoms with Crippen molar-refractivity contribution in [3.8, 4) is 0 Å². The summed E-state index contributed by atoms with van der Waals surface area (Å²) < 4.78 is 5.37. The van der Waals surface area contributed by atoms with E-state index < -0.39 is 0 Å². The second kappa shape index (κ2) is 5.09. The number of aliphatic hydroxyl groups excluding tert-OH is 1. The van der Waals surface area contributed by atoms with Crippen LogP contribution in [0.25, 0.3) is 0 Å². The Hall–Kier alpha value is -1.39. The third-order valence-corrected chi connectivity index (χ3v) is 2.75. The lowest BCUT2D eigenvalue weighted by atomic mass is 10.1. The number of hydrogen-bond acceptors (Lipinski definition) is 4. The fourth-order valence-electron chi connectivity index (χ4n) is 1.92. The van der Waals surface area contributed by atoms with Gasteiger partial charge in [0.15, 0.2) is 6.29 Å². The highest BCUT2D eigenvalue weighted by atomic mass is 16.5. The highest BCUT2D eigenvalue weighted by molar-refractivity contribution is 5.84. The number of hydrogen-bond donors (Lipinski definition) is 1. The van der Waals surface area contributed by atoms with Crippen molar-refractivity contribution in [1.29, 1.82) is 0 Å². The van der Waals surface area contributed by atoms with Gasteiger partial charge in [0, 0.05) is 24.3 Å². The van der Waals surface area contributed by atoms with Crippen molar-refractivity contribution < 1.29 is 14.6 Å². The maximum atomic E-state index is 10.9. The summed E-state index contributed by atoms with van der Waals surface area (Å²) in [5, 5.41) is 9.06. The van der Waals surface area contributed by atoms with E-state index in [9.17, 15) is 4.79 Å². The number of anilines is 1. The van der Waals surface area contributed by atoms with Crippen LogP contribution in [0.2, 0.25) is 0 Å². The topological polar surface area (TPSA) is 49.8 Å². The lowest BCUT2D eigenvalue weighted by molar-refractivity contribution is 0.00354. The second-order valence-electron chi connectivity index (χ2n) is 3.80. The van der Waals surface area contributed by atoms with Crippen LogP contribution in [0.4, 0.5) is 5.69 Å². The van der Waals surface area contributed by atoms with Crippen LogP contribution in [0.1, 0.15) is 10.4 Å². The molecule has 4 nitrogen and oxygen atoms in total. The number of aldehydes is 1. The van der Waals surface area contributed by atoms with Crippen LogP contribution in [0.5, 0.6) is 0 Å². The molecule has 1 fully saturated rings. The Bertz CT molecular complexity index is 367. The molecule has 0 radical (unpaired) electrons. The number of benzene rings is 1. The molecule has 2 rings (SSSR count). The molecule has 4 heteroatoms. The predicted molar refractivity (Wildman–Crippen MR) is 60.9 cm³/mol. The van der Waals surface area contributed by atoms with Crippen LogP contribution in [0.3, 0.4) is 0 Å². The number of nitrogens with zero attached hydrogens (tertiary/aromatic N) is 1. The fourth-order valence-corrected chi connectivity index (χ4v) is 1.92. The lowest BCUT2D eigenvalue weighted by Gasteiger charge is -2.34.